The third-order valence-electron chi connectivity index (χ3n) is 22.3. The molecule has 10 rings (SSSR count). The summed E-state index contributed by atoms with van der Waals surface area (Å²) in [4.78, 5) is 164. The number of hydrogen-bond acceptors (Lipinski definition) is 35. The lowest BCUT2D eigenvalue weighted by atomic mass is 10.1. The van der Waals surface area contributed by atoms with Crippen LogP contribution >= 0.6 is 58.9 Å². The van der Waals surface area contributed by atoms with Crippen LogP contribution in [0, 0.1) is 9.54 Å². The van der Waals surface area contributed by atoms with Crippen LogP contribution in [0.1, 0.15) is 126 Å². The highest BCUT2D eigenvalue weighted by molar-refractivity contribution is 7.73. The highest BCUT2D eigenvalue weighted by Crippen LogP contribution is 2.45. The van der Waals surface area contributed by atoms with Gasteiger partial charge in [-0.2, -0.15) is 0 Å². The fraction of sp³-hybridized carbons (Fsp3) is 0.655. The fourth-order valence-corrected chi connectivity index (χ4v) is 20.2. The number of hydrogen-bond donors (Lipinski definition) is 18. The van der Waals surface area contributed by atoms with E-state index in [1.165, 1.54) is 98.1 Å². The van der Waals surface area contributed by atoms with Crippen molar-refractivity contribution in [2.24, 2.45) is 0 Å². The van der Waals surface area contributed by atoms with Crippen LogP contribution in [-0.2, 0) is 89.9 Å². The van der Waals surface area contributed by atoms with Crippen LogP contribution in [-0.4, -0.2) is 385 Å². The molecule has 0 saturated carbocycles. The predicted molar refractivity (Wildman–Crippen MR) is 544 cm³/mol. The van der Waals surface area contributed by atoms with Crippen molar-refractivity contribution >= 4 is 119 Å². The minimum Gasteiger partial charge on any atom is -0.388 e. The smallest absolute Gasteiger partial charge is 0.330 e. The van der Waals surface area contributed by atoms with Crippen molar-refractivity contribution < 1.29 is 98.0 Å². The number of carbonyl (C=O) groups excluding carboxylic acids is 5. The number of carbonyl (C=O) groups is 5. The van der Waals surface area contributed by atoms with Gasteiger partial charge in [-0.15, -0.1) is 65.9 Å². The van der Waals surface area contributed by atoms with Gasteiger partial charge < -0.3 is 101 Å². The molecule has 5 saturated heterocycles. The topological polar surface area (TPSA) is 612 Å². The number of aliphatic hydroxyl groups is 8. The van der Waals surface area contributed by atoms with Crippen LogP contribution in [0.15, 0.2) is 69.3 Å². The highest BCUT2D eigenvalue weighted by Gasteiger charge is 2.50. The second-order valence-electron chi connectivity index (χ2n) is 38.5. The van der Waals surface area contributed by atoms with Crippen molar-refractivity contribution in [2.75, 3.05) is 144 Å². The summed E-state index contributed by atoms with van der Waals surface area (Å²) in [6, 6.07) is 0. The molecule has 50 heteroatoms. The zero-order valence-electron chi connectivity index (χ0n) is 81.1. The van der Waals surface area contributed by atoms with Gasteiger partial charge in [0.05, 0.1) is 63.2 Å². The number of Topliss-reactive ketones (excluding diaryl/α,β-unsaturated/α-hetero) is 5. The summed E-state index contributed by atoms with van der Waals surface area (Å²) < 4.78 is 46.8. The third-order valence-corrected chi connectivity index (χ3v) is 30.3. The van der Waals surface area contributed by atoms with Gasteiger partial charge in [-0.05, 0) is 189 Å². The molecule has 20 atom stereocenters. The Morgan fingerprint density at radius 3 is 0.708 bits per heavy atom. The Hall–Kier alpha value is -6.71. The monoisotopic (exact) mass is 2070 g/mol. The molecular formula is C87H144N15O28P5S2. The quantitative estimate of drug-likeness (QED) is 0.0160. The lowest BCUT2D eigenvalue weighted by molar-refractivity contribution is -0.117. The first kappa shape index (κ1) is 119. The number of H-pyrrole nitrogens is 5. The first-order chi connectivity index (χ1) is 63.5. The summed E-state index contributed by atoms with van der Waals surface area (Å²) in [6.07, 6.45) is 17.3. The van der Waals surface area contributed by atoms with Gasteiger partial charge in [-0.3, -0.25) is 95.7 Å². The maximum absolute atomic E-state index is 12.4. The van der Waals surface area contributed by atoms with E-state index in [1.807, 2.05) is 0 Å². The number of nitrogens with one attached hydrogen (secondary N) is 10. The Morgan fingerprint density at radius 2 is 0.504 bits per heavy atom. The minimum atomic E-state index is -1.33. The second kappa shape index (κ2) is 53.0. The molecule has 5 aliphatic heterocycles. The minimum absolute atomic E-state index is 0.0455. The van der Waals surface area contributed by atoms with Crippen molar-refractivity contribution in [1.29, 1.82) is 0 Å². The molecule has 0 bridgehead atoms. The standard InChI is InChI=1S/2C18H30N3O6P.C17H28N3O6P.2C17H28N3O5PS/c2*1-11(22)8-19-9-12-10-21(18(25)20-16(12)24)17-15(26-2)14(23)13(27-17)6-7-28(3,4)5;1-10(21)7-18-8-11-9-20(17(25)19-15(11)24)16-14(23)13(22)12(26-16)5-6-27(2,3)4;2*1-10(21)7-18-8-11-9-20(17(27)19-15(11)24)16-14(23)13(22)12(25-16)5-6-26(2,3)4/h2*10,13-15,17,19,23H,3,6-9H2,1-2,4-5H3,(H,20,24,25);9,12-14,16,18,22-23H,2,5-8H2,1,3-4H3,(H,19,24,25);2*9,12-14,16,18,22-23H,2,5-8H2,1,3-4H3,(H,19,24,27)/t2*13-,14-,15-,17-;3*12-,13-,14-,16-/m11111/s1. The van der Waals surface area contributed by atoms with Gasteiger partial charge >= 0.3 is 17.1 Å². The molecule has 0 unspecified atom stereocenters. The summed E-state index contributed by atoms with van der Waals surface area (Å²) in [5.41, 5.74) is -2.96. The van der Waals surface area contributed by atoms with Gasteiger partial charge in [0.25, 0.3) is 27.8 Å². The number of ether oxygens (including phenoxy) is 7. The lowest BCUT2D eigenvalue weighted by Crippen LogP contribution is -2.40. The molecule has 10 heterocycles. The van der Waals surface area contributed by atoms with E-state index in [0.29, 0.717) is 43.2 Å². The molecule has 137 heavy (non-hydrogen) atoms. The van der Waals surface area contributed by atoms with Gasteiger partial charge in [-0.1, -0.05) is 0 Å². The van der Waals surface area contributed by atoms with Crippen molar-refractivity contribution in [3.8, 4) is 0 Å². The summed E-state index contributed by atoms with van der Waals surface area (Å²) in [7, 11) is 2.88. The largest absolute Gasteiger partial charge is 0.388 e. The zero-order chi connectivity index (χ0) is 103. The summed E-state index contributed by atoms with van der Waals surface area (Å²) in [5.74, 6) is -0.306. The van der Waals surface area contributed by atoms with Crippen molar-refractivity contribution in [3.63, 3.8) is 0 Å². The van der Waals surface area contributed by atoms with Gasteiger partial charge in [0.1, 0.15) is 90.0 Å². The molecule has 5 aromatic rings. The summed E-state index contributed by atoms with van der Waals surface area (Å²) in [5, 5.41) is 97.7. The second-order valence-corrected chi connectivity index (χ2v) is 60.9. The average molecular weight is 2070 g/mol. The lowest BCUT2D eigenvalue weighted by Gasteiger charge is -2.21. The SMILES string of the molecule is C=P(C)(C)CC[C@H]1O[C@@H](n2cc(CNCC(C)=O)c(=O)[nH]c2=O)[C@H](O)[C@@H]1O.C=P(C)(C)CC[C@H]1O[C@@H](n2cc(CNCC(C)=O)c(=O)[nH]c2=O)[C@H](OC)[C@@H]1O.C=P(C)(C)CC[C@H]1O[C@@H](n2cc(CNCC(C)=O)c(=O)[nH]c2=O)[C@H](OC)[C@@H]1O.C=P(C)(C)CC[C@H]1O[C@@H](n2cc(CNCC(C)=O)c(=O)[nH]c2=S)[C@H](O)[C@@H]1O.C=P(C)(C)CC[C@H]1O[C@@H](n2cc(CNCC(C)=O)c(=O)[nH]c2=S)[C@H](O)[C@@H]1O. The summed E-state index contributed by atoms with van der Waals surface area (Å²) in [6.45, 7) is 22.9. The van der Waals surface area contributed by atoms with E-state index in [1.54, 1.807) is 0 Å². The molecule has 0 amide bonds. The Kier molecular flexibility index (Phi) is 46.1. The Labute approximate surface area is 805 Å². The molecule has 5 aliphatic rings. The van der Waals surface area contributed by atoms with Crippen LogP contribution in [0.5, 0.6) is 0 Å². The van der Waals surface area contributed by atoms with E-state index >= 15 is 0 Å². The van der Waals surface area contributed by atoms with Crippen LogP contribution in [0.4, 0.5) is 0 Å². The van der Waals surface area contributed by atoms with Crippen LogP contribution in [0.3, 0.4) is 0 Å². The van der Waals surface area contributed by atoms with E-state index in [0.717, 1.165) is 35.4 Å². The number of nitrogens with zero attached hydrogens (tertiary/aromatic N) is 5. The number of methoxy groups -OCH3 is 2. The van der Waals surface area contributed by atoms with E-state index in [2.05, 4.69) is 150 Å². The average Bonchev–Trinajstić information content (AvgIpc) is 1.67. The Morgan fingerprint density at radius 1 is 0.321 bits per heavy atom. The Balaban J connectivity index is 0.000000263. The van der Waals surface area contributed by atoms with Gasteiger partial charge in [0.2, 0.25) is 0 Å². The third kappa shape index (κ3) is 37.2. The molecular weight excluding hydrogens is 1920 g/mol. The normalized spacial score (nSPS) is 25.5. The zero-order valence-corrected chi connectivity index (χ0v) is 87.2. The molecule has 0 spiro atoms. The van der Waals surface area contributed by atoms with Crippen molar-refractivity contribution in [1.82, 2.24) is 74.3 Å². The number of aromatic amines is 5. The molecule has 5 aromatic heterocycles. The van der Waals surface area contributed by atoms with Crippen LogP contribution in [0.25, 0.3) is 0 Å². The molecule has 0 radical (unpaired) electrons. The fourth-order valence-electron chi connectivity index (χ4n) is 14.9. The predicted octanol–water partition coefficient (Wildman–Crippen LogP) is -1.28. The number of aromatic nitrogens is 10. The van der Waals surface area contributed by atoms with Crippen molar-refractivity contribution in [3.05, 3.63) is 152 Å². The first-order valence-electron chi connectivity index (χ1n) is 44.4. The Bertz CT molecular complexity index is 5410. The molecule has 0 aliphatic carbocycles. The molecule has 18 N–H and O–H groups in total. The van der Waals surface area contributed by atoms with Crippen LogP contribution < -0.4 is 71.4 Å². The summed E-state index contributed by atoms with van der Waals surface area (Å²) >= 11 is 10.4. The van der Waals surface area contributed by atoms with E-state index in [4.69, 9.17) is 57.6 Å². The first-order valence-corrected chi connectivity index (χ1v) is 60.5. The maximum Gasteiger partial charge on any atom is 0.330 e. The molecule has 5 fully saturated rings. The molecule has 772 valence electrons. The maximum atomic E-state index is 12.4. The molecule has 43 nitrogen and oxygen atoms in total. The van der Waals surface area contributed by atoms with Gasteiger partial charge in [0.15, 0.2) is 40.7 Å². The van der Waals surface area contributed by atoms with E-state index < -0.39 is 191 Å². The number of aliphatic hydroxyl groups excluding tert-OH is 8. The number of ketones is 5. The van der Waals surface area contributed by atoms with Gasteiger partial charge in [0, 0.05) is 106 Å². The van der Waals surface area contributed by atoms with E-state index in [9.17, 15) is 103 Å². The van der Waals surface area contributed by atoms with Crippen LogP contribution in [0.2, 0.25) is 0 Å². The van der Waals surface area contributed by atoms with E-state index in [-0.39, 0.29) is 132 Å². The van der Waals surface area contributed by atoms with Gasteiger partial charge in [-0.25, -0.2) is 14.4 Å². The van der Waals surface area contributed by atoms with Crippen molar-refractivity contribution in [2.45, 2.75) is 222 Å². The molecule has 0 aromatic carbocycles. The highest BCUT2D eigenvalue weighted by atomic mass is 32.1. The number of rotatable bonds is 42.